The lowest BCUT2D eigenvalue weighted by Gasteiger charge is -2.27. The fourth-order valence-electron chi connectivity index (χ4n) is 4.34. The Balaban J connectivity index is 1.79. The molecule has 2 heterocycles. The van der Waals surface area contributed by atoms with E-state index in [1.165, 1.54) is 28.8 Å². The van der Waals surface area contributed by atoms with Gasteiger partial charge in [0.15, 0.2) is 5.75 Å². The standard InChI is InChI=1S/C25H27NO3S/c1-4-5-6-7-12-26-19-11-10-16(20-9-8-13-30-20)14-18(19)25(2,3)21(26)15-17-22(27)24(29)23(17)28/h8-11,13-15,27H,4-7,12H2,1-3H3/b21-15-. The van der Waals surface area contributed by atoms with Crippen molar-refractivity contribution in [1.29, 1.82) is 0 Å². The van der Waals surface area contributed by atoms with Crippen molar-refractivity contribution in [3.05, 3.63) is 73.0 Å². The van der Waals surface area contributed by atoms with E-state index in [1.807, 2.05) is 0 Å². The van der Waals surface area contributed by atoms with E-state index in [4.69, 9.17) is 0 Å². The number of hydrogen-bond acceptors (Lipinski definition) is 5. The average molecular weight is 422 g/mol. The van der Waals surface area contributed by atoms with Crippen LogP contribution >= 0.6 is 11.3 Å². The molecule has 156 valence electrons. The van der Waals surface area contributed by atoms with Gasteiger partial charge >= 0.3 is 0 Å². The van der Waals surface area contributed by atoms with Crippen LogP contribution in [0.15, 0.2) is 51.0 Å². The van der Waals surface area contributed by atoms with E-state index in [-0.39, 0.29) is 11.0 Å². The molecule has 2 aromatic carbocycles. The molecule has 0 radical (unpaired) electrons. The van der Waals surface area contributed by atoms with Crippen LogP contribution in [0.5, 0.6) is 5.75 Å². The van der Waals surface area contributed by atoms with Crippen LogP contribution in [0.25, 0.3) is 16.5 Å². The fraction of sp³-hybridized carbons (Fsp3) is 0.360. The molecule has 0 atom stereocenters. The van der Waals surface area contributed by atoms with Crippen molar-refractivity contribution in [2.24, 2.45) is 0 Å². The summed E-state index contributed by atoms with van der Waals surface area (Å²) in [6.07, 6.45) is 6.29. The van der Waals surface area contributed by atoms with Crippen molar-refractivity contribution in [2.45, 2.75) is 51.9 Å². The van der Waals surface area contributed by atoms with Crippen molar-refractivity contribution in [3.63, 3.8) is 0 Å². The molecule has 0 fully saturated rings. The maximum absolute atomic E-state index is 12.0. The molecule has 30 heavy (non-hydrogen) atoms. The summed E-state index contributed by atoms with van der Waals surface area (Å²) in [5.74, 6) is -0.413. The van der Waals surface area contributed by atoms with E-state index < -0.39 is 16.6 Å². The Morgan fingerprint density at radius 2 is 1.90 bits per heavy atom. The minimum absolute atomic E-state index is 0.132. The number of allylic oxidation sites excluding steroid dienone is 1. The molecule has 5 heteroatoms. The number of benzene rings is 1. The third-order valence-corrected chi connectivity index (χ3v) is 7.05. The Bertz CT molecular complexity index is 1160. The van der Waals surface area contributed by atoms with Gasteiger partial charge in [0.05, 0.1) is 5.56 Å². The van der Waals surface area contributed by atoms with Gasteiger partial charge in [0.2, 0.25) is 5.43 Å². The number of nitrogens with zero attached hydrogens (tertiary/aromatic N) is 1. The first-order valence-corrected chi connectivity index (χ1v) is 11.4. The highest BCUT2D eigenvalue weighted by atomic mass is 32.1. The molecular weight excluding hydrogens is 394 g/mol. The van der Waals surface area contributed by atoms with Crippen LogP contribution in [0, 0.1) is 0 Å². The number of aromatic hydroxyl groups is 1. The summed E-state index contributed by atoms with van der Waals surface area (Å²) in [7, 11) is 0. The Morgan fingerprint density at radius 3 is 2.57 bits per heavy atom. The highest BCUT2D eigenvalue weighted by molar-refractivity contribution is 7.13. The third-order valence-electron chi connectivity index (χ3n) is 6.13. The van der Waals surface area contributed by atoms with Crippen LogP contribution in [0.3, 0.4) is 0 Å². The van der Waals surface area contributed by atoms with E-state index in [1.54, 1.807) is 17.4 Å². The van der Waals surface area contributed by atoms with Gasteiger partial charge in [0, 0.05) is 28.2 Å². The largest absolute Gasteiger partial charge is 0.504 e. The molecule has 1 aromatic heterocycles. The van der Waals surface area contributed by atoms with Crippen LogP contribution in [0.1, 0.15) is 57.6 Å². The minimum Gasteiger partial charge on any atom is -0.504 e. The Labute approximate surface area is 180 Å². The molecule has 0 aliphatic carbocycles. The number of thiophene rings is 1. The second-order valence-corrected chi connectivity index (χ2v) is 9.44. The van der Waals surface area contributed by atoms with E-state index >= 15 is 0 Å². The number of unbranched alkanes of at least 4 members (excludes halogenated alkanes) is 3. The van der Waals surface area contributed by atoms with Crippen LogP contribution in [0.4, 0.5) is 5.69 Å². The molecular formula is C25H27NO3S. The zero-order valence-electron chi connectivity index (χ0n) is 17.7. The van der Waals surface area contributed by atoms with Gasteiger partial charge in [-0.2, -0.15) is 0 Å². The lowest BCUT2D eigenvalue weighted by atomic mass is 9.82. The first-order chi connectivity index (χ1) is 14.4. The van der Waals surface area contributed by atoms with Crippen LogP contribution in [-0.4, -0.2) is 11.7 Å². The maximum Gasteiger partial charge on any atom is 0.268 e. The molecule has 1 aliphatic rings. The maximum atomic E-state index is 12.0. The highest BCUT2D eigenvalue weighted by Crippen LogP contribution is 2.50. The normalized spacial score (nSPS) is 16.5. The van der Waals surface area contributed by atoms with Crippen LogP contribution in [-0.2, 0) is 5.41 Å². The van der Waals surface area contributed by atoms with Crippen molar-refractivity contribution in [1.82, 2.24) is 0 Å². The van der Waals surface area contributed by atoms with Crippen molar-refractivity contribution >= 4 is 23.1 Å². The molecule has 0 saturated heterocycles. The molecule has 0 bridgehead atoms. The van der Waals surface area contributed by atoms with Crippen molar-refractivity contribution < 1.29 is 5.11 Å². The smallest absolute Gasteiger partial charge is 0.268 e. The summed E-state index contributed by atoms with van der Waals surface area (Å²) < 4.78 is 0. The summed E-state index contributed by atoms with van der Waals surface area (Å²) >= 11 is 1.72. The second-order valence-electron chi connectivity index (χ2n) is 8.50. The van der Waals surface area contributed by atoms with Crippen LogP contribution in [0.2, 0.25) is 0 Å². The van der Waals surface area contributed by atoms with Crippen molar-refractivity contribution in [2.75, 3.05) is 11.4 Å². The lowest BCUT2D eigenvalue weighted by Crippen LogP contribution is -2.34. The first kappa shape index (κ1) is 20.6. The zero-order chi connectivity index (χ0) is 21.5. The molecule has 4 rings (SSSR count). The van der Waals surface area contributed by atoms with Gasteiger partial charge in [-0.15, -0.1) is 11.3 Å². The molecule has 0 unspecified atom stereocenters. The number of hydrogen-bond donors (Lipinski definition) is 1. The molecule has 0 spiro atoms. The Morgan fingerprint density at radius 1 is 1.10 bits per heavy atom. The predicted molar refractivity (Wildman–Crippen MR) is 125 cm³/mol. The molecule has 0 amide bonds. The summed E-state index contributed by atoms with van der Waals surface area (Å²) in [6, 6.07) is 10.7. The molecule has 4 nitrogen and oxygen atoms in total. The Kier molecular flexibility index (Phi) is 5.41. The monoisotopic (exact) mass is 421 g/mol. The minimum atomic E-state index is -0.787. The number of fused-ring (bicyclic) bond motifs is 1. The topological polar surface area (TPSA) is 57.6 Å². The second kappa shape index (κ2) is 7.88. The third kappa shape index (κ3) is 3.31. The lowest BCUT2D eigenvalue weighted by molar-refractivity contribution is 0.461. The molecule has 1 aliphatic heterocycles. The van der Waals surface area contributed by atoms with Gasteiger partial charge in [0.25, 0.3) is 5.43 Å². The van der Waals surface area contributed by atoms with Gasteiger partial charge in [-0.1, -0.05) is 52.2 Å². The fourth-order valence-corrected chi connectivity index (χ4v) is 5.06. The van der Waals surface area contributed by atoms with Gasteiger partial charge in [-0.05, 0) is 47.2 Å². The molecule has 0 saturated carbocycles. The summed E-state index contributed by atoms with van der Waals surface area (Å²) in [4.78, 5) is 27.0. The van der Waals surface area contributed by atoms with Gasteiger partial charge in [-0.3, -0.25) is 9.59 Å². The van der Waals surface area contributed by atoms with Crippen LogP contribution < -0.4 is 15.8 Å². The summed E-state index contributed by atoms with van der Waals surface area (Å²) in [5.41, 5.74) is 2.88. The van der Waals surface area contributed by atoms with E-state index in [0.29, 0.717) is 0 Å². The SMILES string of the molecule is CCCCCCN1/C(=C\c2c(O)c(=O)c2=O)C(C)(C)c2cc(-c3cccs3)ccc21. The molecule has 1 N–H and O–H groups in total. The van der Waals surface area contributed by atoms with Crippen molar-refractivity contribution in [3.8, 4) is 16.2 Å². The number of anilines is 1. The average Bonchev–Trinajstić information content (AvgIpc) is 3.35. The first-order valence-electron chi connectivity index (χ1n) is 10.6. The van der Waals surface area contributed by atoms with E-state index in [2.05, 4.69) is 61.4 Å². The van der Waals surface area contributed by atoms with Gasteiger partial charge in [-0.25, -0.2) is 0 Å². The summed E-state index contributed by atoms with van der Waals surface area (Å²) in [5, 5.41) is 12.0. The quantitative estimate of drug-likeness (QED) is 0.408. The predicted octanol–water partition coefficient (Wildman–Crippen LogP) is 5.44. The van der Waals surface area contributed by atoms with Gasteiger partial charge in [0.1, 0.15) is 0 Å². The Hall–Kier alpha value is -2.66. The molecule has 3 aromatic rings. The summed E-state index contributed by atoms with van der Waals surface area (Å²) in [6.45, 7) is 7.33. The van der Waals surface area contributed by atoms with E-state index in [0.717, 1.165) is 30.8 Å². The number of rotatable bonds is 7. The highest BCUT2D eigenvalue weighted by Gasteiger charge is 2.40. The van der Waals surface area contributed by atoms with E-state index in [9.17, 15) is 14.7 Å². The van der Waals surface area contributed by atoms with Gasteiger partial charge < -0.3 is 10.0 Å². The zero-order valence-corrected chi connectivity index (χ0v) is 18.5.